The van der Waals surface area contributed by atoms with Crippen molar-refractivity contribution in [1.29, 1.82) is 0 Å². The Morgan fingerprint density at radius 3 is 1.69 bits per heavy atom. The summed E-state index contributed by atoms with van der Waals surface area (Å²) in [6, 6.07) is 23.7. The summed E-state index contributed by atoms with van der Waals surface area (Å²) in [6.45, 7) is 5.78. The van der Waals surface area contributed by atoms with Crippen LogP contribution < -0.4 is 27.1 Å². The zero-order chi connectivity index (χ0) is 46.1. The van der Waals surface area contributed by atoms with Gasteiger partial charge in [-0.15, -0.1) is 0 Å². The second-order valence-electron chi connectivity index (χ2n) is 14.8. The van der Waals surface area contributed by atoms with Crippen LogP contribution in [0.4, 0.5) is 0 Å². The summed E-state index contributed by atoms with van der Waals surface area (Å²) >= 11 is 11.7. The summed E-state index contributed by atoms with van der Waals surface area (Å²) < 4.78 is 12.8. The molecule has 3 amide bonds. The molecule has 6 aromatic rings. The first kappa shape index (κ1) is 48.0. The van der Waals surface area contributed by atoms with Crippen LogP contribution in [0.25, 0.3) is 22.1 Å². The fraction of sp³-hybridized carbons (Fsp3) is 0.304. The largest absolute Gasteiger partial charge is 0.480 e. The van der Waals surface area contributed by atoms with Crippen molar-refractivity contribution in [2.75, 3.05) is 52.6 Å². The minimum absolute atomic E-state index is 0.0357. The van der Waals surface area contributed by atoms with Gasteiger partial charge in [0.05, 0.1) is 13.2 Å². The van der Waals surface area contributed by atoms with Crippen molar-refractivity contribution in [3.05, 3.63) is 150 Å². The van der Waals surface area contributed by atoms with Gasteiger partial charge in [0, 0.05) is 79.1 Å². The summed E-state index contributed by atoms with van der Waals surface area (Å²) in [6.07, 6.45) is 4.93. The number of nitrogens with zero attached hydrogens (tertiary/aromatic N) is 5. The van der Waals surface area contributed by atoms with Gasteiger partial charge in [0.25, 0.3) is 22.9 Å². The molecule has 0 bridgehead atoms. The molecule has 4 N–H and O–H groups in total. The number of halogens is 2. The number of aromatic nitrogens is 4. The number of amides is 3. The van der Waals surface area contributed by atoms with Gasteiger partial charge in [0.15, 0.2) is 0 Å². The van der Waals surface area contributed by atoms with Gasteiger partial charge in [-0.1, -0.05) is 47.5 Å². The fourth-order valence-electron chi connectivity index (χ4n) is 6.83. The lowest BCUT2D eigenvalue weighted by atomic mass is 10.1. The summed E-state index contributed by atoms with van der Waals surface area (Å²) in [4.78, 5) is 85.1. The molecule has 2 saturated heterocycles. The van der Waals surface area contributed by atoms with Crippen molar-refractivity contribution in [3.8, 4) is 0 Å². The van der Waals surface area contributed by atoms with Crippen LogP contribution in [-0.4, -0.2) is 105 Å². The third kappa shape index (κ3) is 13.7. The number of hydrogen-bond acceptors (Lipinski definition) is 11. The summed E-state index contributed by atoms with van der Waals surface area (Å²) in [7, 11) is 0. The van der Waals surface area contributed by atoms with E-state index in [0.29, 0.717) is 52.8 Å². The van der Waals surface area contributed by atoms with E-state index >= 15 is 0 Å². The highest BCUT2D eigenvalue weighted by Gasteiger charge is 2.22. The lowest BCUT2D eigenvalue weighted by Gasteiger charge is -2.21. The van der Waals surface area contributed by atoms with E-state index in [9.17, 15) is 28.8 Å². The van der Waals surface area contributed by atoms with Gasteiger partial charge in [-0.3, -0.25) is 37.9 Å². The molecule has 19 heteroatoms. The first-order valence-electron chi connectivity index (χ1n) is 20.9. The number of nitrogens with one attached hydrogen (secondary N) is 3. The molecule has 0 unspecified atom stereocenters. The maximum Gasteiger partial charge on any atom is 0.323 e. The number of carbonyl (C=O) groups is 4. The van der Waals surface area contributed by atoms with Crippen LogP contribution in [0.1, 0.15) is 44.7 Å². The molecule has 17 nitrogen and oxygen atoms in total. The normalized spacial score (nSPS) is 13.8. The maximum absolute atomic E-state index is 13.2. The van der Waals surface area contributed by atoms with Gasteiger partial charge in [-0.25, -0.2) is 9.97 Å². The quantitative estimate of drug-likeness (QED) is 0.151. The summed E-state index contributed by atoms with van der Waals surface area (Å²) in [5.74, 6) is -2.50. The first-order chi connectivity index (χ1) is 31.5. The van der Waals surface area contributed by atoms with Crippen LogP contribution in [0.5, 0.6) is 0 Å². The Hall–Kier alpha value is -6.50. The van der Waals surface area contributed by atoms with Crippen molar-refractivity contribution in [1.82, 2.24) is 40.0 Å². The smallest absolute Gasteiger partial charge is 0.323 e. The van der Waals surface area contributed by atoms with Crippen molar-refractivity contribution in [2.45, 2.75) is 39.0 Å². The summed E-state index contributed by atoms with van der Waals surface area (Å²) in [5, 5.41) is 20.0. The standard InChI is InChI=1S/C23H23ClN4O4.C18H14ClN3O4.C5H11NO/c24-18-6-4-16(5-7-18)14-26-22(30)19-13-17-3-1-8-25-21(17)28(23(19)31)15-20(29)27-9-2-11-32-12-10-27;19-13-5-3-11(4-6-13)9-21-17(25)14-8-12-2-1-7-20-16(12)22(18(14)26)10-15(23)24;1-2-6-3-5-7-4-1/h1,3-8,13H,2,9-12,14-15H2,(H,26,30);1-8H,9-10H2,(H,21,25)(H,23,24);6H,1-5H2. The Balaban J connectivity index is 0.000000190. The Bertz CT molecular complexity index is 2700. The predicted molar refractivity (Wildman–Crippen MR) is 245 cm³/mol. The number of benzene rings is 2. The zero-order valence-corrected chi connectivity index (χ0v) is 36.9. The number of ether oxygens (including phenoxy) is 2. The van der Waals surface area contributed by atoms with Gasteiger partial charge >= 0.3 is 5.97 Å². The van der Waals surface area contributed by atoms with Crippen molar-refractivity contribution in [3.63, 3.8) is 0 Å². The number of fused-ring (bicyclic) bond motifs is 2. The third-order valence-corrected chi connectivity index (χ3v) is 10.6. The number of pyridine rings is 4. The second kappa shape index (κ2) is 24.0. The maximum atomic E-state index is 13.2. The van der Waals surface area contributed by atoms with Crippen LogP contribution in [-0.2, 0) is 45.2 Å². The molecule has 2 aromatic carbocycles. The van der Waals surface area contributed by atoms with Crippen LogP contribution in [0.15, 0.2) is 107 Å². The Kier molecular flexibility index (Phi) is 17.7. The van der Waals surface area contributed by atoms with E-state index in [2.05, 4.69) is 25.9 Å². The van der Waals surface area contributed by atoms with Crippen LogP contribution in [0.2, 0.25) is 10.0 Å². The molecule has 2 aliphatic heterocycles. The van der Waals surface area contributed by atoms with Crippen molar-refractivity contribution in [2.24, 2.45) is 0 Å². The number of carboxylic acid groups (broad SMARTS) is 1. The molecule has 6 heterocycles. The molecule has 0 atom stereocenters. The predicted octanol–water partition coefficient (Wildman–Crippen LogP) is 4.29. The van der Waals surface area contributed by atoms with Gasteiger partial charge in [-0.2, -0.15) is 0 Å². The van der Waals surface area contributed by atoms with E-state index < -0.39 is 35.4 Å². The average molecular weight is 928 g/mol. The molecule has 8 rings (SSSR count). The highest BCUT2D eigenvalue weighted by Crippen LogP contribution is 2.15. The SMILES string of the molecule is C1CNCCOC1.O=C(NCc1ccc(Cl)cc1)c1cc2cccnc2n(CC(=O)N2CCCOCC2)c1=O.O=C(O)Cn1c(=O)c(C(=O)NCc2ccc(Cl)cc2)cc2cccnc21. The van der Waals surface area contributed by atoms with E-state index in [1.165, 1.54) is 29.3 Å². The second-order valence-corrected chi connectivity index (χ2v) is 15.7. The Labute approximate surface area is 383 Å². The molecule has 2 aliphatic rings. The topological polar surface area (TPSA) is 216 Å². The molecule has 0 aliphatic carbocycles. The lowest BCUT2D eigenvalue weighted by molar-refractivity contribution is -0.137. The number of hydrogen-bond donors (Lipinski definition) is 4. The van der Waals surface area contributed by atoms with Crippen molar-refractivity contribution >= 4 is 69.0 Å². The van der Waals surface area contributed by atoms with Crippen molar-refractivity contribution < 1.29 is 33.8 Å². The number of rotatable bonds is 10. The molecule has 0 saturated carbocycles. The Morgan fingerprint density at radius 1 is 0.646 bits per heavy atom. The van der Waals surface area contributed by atoms with Gasteiger partial charge in [0.2, 0.25) is 5.91 Å². The Morgan fingerprint density at radius 2 is 1.15 bits per heavy atom. The van der Waals surface area contributed by atoms with E-state index in [4.69, 9.17) is 37.8 Å². The van der Waals surface area contributed by atoms with E-state index in [1.54, 1.807) is 83.9 Å². The minimum atomic E-state index is -1.20. The monoisotopic (exact) mass is 926 g/mol. The van der Waals surface area contributed by atoms with Gasteiger partial charge in [-0.05, 0) is 91.2 Å². The average Bonchev–Trinajstić information content (AvgIpc) is 3.80. The molecular formula is C46H48Cl2N8O9. The summed E-state index contributed by atoms with van der Waals surface area (Å²) in [5.41, 5.74) is 0.823. The number of aliphatic carboxylic acids is 1. The minimum Gasteiger partial charge on any atom is -0.480 e. The molecular weight excluding hydrogens is 879 g/mol. The van der Waals surface area contributed by atoms with Gasteiger partial charge < -0.3 is 35.4 Å². The zero-order valence-electron chi connectivity index (χ0n) is 35.3. The third-order valence-electron chi connectivity index (χ3n) is 10.1. The molecule has 2 fully saturated rings. The first-order valence-corrected chi connectivity index (χ1v) is 21.6. The number of carbonyl (C=O) groups excluding carboxylic acids is 3. The van der Waals surface area contributed by atoms with Gasteiger partial charge in [0.1, 0.15) is 35.5 Å². The lowest BCUT2D eigenvalue weighted by Crippen LogP contribution is -2.40. The van der Waals surface area contributed by atoms with Crippen LogP contribution in [0, 0.1) is 0 Å². The molecule has 4 aromatic heterocycles. The van der Waals surface area contributed by atoms with Crippen LogP contribution in [0.3, 0.4) is 0 Å². The van der Waals surface area contributed by atoms with E-state index in [1.807, 2.05) is 0 Å². The van der Waals surface area contributed by atoms with Crippen LogP contribution >= 0.6 is 23.2 Å². The molecule has 0 radical (unpaired) electrons. The number of carboxylic acids is 1. The molecule has 65 heavy (non-hydrogen) atoms. The molecule has 340 valence electrons. The van der Waals surface area contributed by atoms with E-state index in [-0.39, 0.29) is 42.3 Å². The highest BCUT2D eigenvalue weighted by atomic mass is 35.5. The molecule has 0 spiro atoms. The fourth-order valence-corrected chi connectivity index (χ4v) is 7.08. The highest BCUT2D eigenvalue weighted by molar-refractivity contribution is 6.30. The van der Waals surface area contributed by atoms with E-state index in [0.717, 1.165) is 48.4 Å².